The molecule has 1 heterocycles. The first-order valence-electron chi connectivity index (χ1n) is 8.03. The second kappa shape index (κ2) is 6.35. The van der Waals surface area contributed by atoms with E-state index in [-0.39, 0.29) is 17.9 Å². The molecule has 0 aliphatic rings. The highest BCUT2D eigenvalue weighted by Crippen LogP contribution is 2.37. The van der Waals surface area contributed by atoms with Crippen molar-refractivity contribution in [3.63, 3.8) is 0 Å². The van der Waals surface area contributed by atoms with Crippen LogP contribution < -0.4 is 5.73 Å². The smallest absolute Gasteiger partial charge is 0.142 e. The highest BCUT2D eigenvalue weighted by atomic mass is 19.1. The van der Waals surface area contributed by atoms with E-state index in [0.29, 0.717) is 33.4 Å². The normalized spacial score (nSPS) is 11.2. The van der Waals surface area contributed by atoms with Crippen molar-refractivity contribution in [2.24, 2.45) is 5.73 Å². The van der Waals surface area contributed by atoms with Gasteiger partial charge in [-0.3, -0.25) is 0 Å². The van der Waals surface area contributed by atoms with Crippen LogP contribution in [0.1, 0.15) is 5.76 Å². The molecular formula is C21H14F3NO. The number of hydrogen-bond donors (Lipinski definition) is 1. The van der Waals surface area contributed by atoms with Gasteiger partial charge in [-0.15, -0.1) is 0 Å². The average Bonchev–Trinajstić information content (AvgIpc) is 3.05. The molecule has 3 aromatic carbocycles. The molecule has 0 saturated carbocycles. The van der Waals surface area contributed by atoms with Gasteiger partial charge in [-0.05, 0) is 42.0 Å². The molecule has 0 unspecified atom stereocenters. The fourth-order valence-electron chi connectivity index (χ4n) is 3.07. The lowest BCUT2D eigenvalue weighted by atomic mass is 9.96. The Balaban J connectivity index is 2.04. The van der Waals surface area contributed by atoms with Crippen LogP contribution in [0.2, 0.25) is 0 Å². The largest absolute Gasteiger partial charge is 0.459 e. The third-order valence-corrected chi connectivity index (χ3v) is 4.27. The molecule has 130 valence electrons. The van der Waals surface area contributed by atoms with Crippen molar-refractivity contribution in [3.05, 3.63) is 83.9 Å². The van der Waals surface area contributed by atoms with Crippen LogP contribution in [0.4, 0.5) is 13.2 Å². The lowest BCUT2D eigenvalue weighted by Gasteiger charge is -2.09. The van der Waals surface area contributed by atoms with Gasteiger partial charge in [-0.1, -0.05) is 18.2 Å². The second-order valence-electron chi connectivity index (χ2n) is 5.96. The Morgan fingerprint density at radius 3 is 2.31 bits per heavy atom. The fraction of sp³-hybridized carbons (Fsp3) is 0.0476. The molecule has 4 aromatic rings. The van der Waals surface area contributed by atoms with Gasteiger partial charge in [0, 0.05) is 28.1 Å². The van der Waals surface area contributed by atoms with Crippen LogP contribution in [0.5, 0.6) is 0 Å². The molecule has 0 saturated heterocycles. The summed E-state index contributed by atoms with van der Waals surface area (Å²) in [7, 11) is 0. The van der Waals surface area contributed by atoms with Crippen molar-refractivity contribution in [2.75, 3.05) is 0 Å². The van der Waals surface area contributed by atoms with E-state index in [0.717, 1.165) is 6.07 Å². The lowest BCUT2D eigenvalue weighted by molar-refractivity contribution is 0.552. The van der Waals surface area contributed by atoms with Gasteiger partial charge in [0.25, 0.3) is 0 Å². The highest BCUT2D eigenvalue weighted by Gasteiger charge is 2.17. The molecule has 0 aliphatic heterocycles. The Labute approximate surface area is 147 Å². The molecule has 0 aliphatic carbocycles. The third-order valence-electron chi connectivity index (χ3n) is 4.27. The summed E-state index contributed by atoms with van der Waals surface area (Å²) in [6.07, 6.45) is 0. The molecule has 0 atom stereocenters. The minimum Gasteiger partial charge on any atom is -0.459 e. The number of furan rings is 1. The summed E-state index contributed by atoms with van der Waals surface area (Å²) in [5.41, 5.74) is 7.61. The van der Waals surface area contributed by atoms with E-state index in [1.165, 1.54) is 18.2 Å². The quantitative estimate of drug-likeness (QED) is 0.517. The first-order valence-corrected chi connectivity index (χ1v) is 8.03. The molecule has 4 rings (SSSR count). The molecule has 2 N–H and O–H groups in total. The van der Waals surface area contributed by atoms with Gasteiger partial charge in [-0.2, -0.15) is 0 Å². The lowest BCUT2D eigenvalue weighted by Crippen LogP contribution is -1.92. The monoisotopic (exact) mass is 353 g/mol. The standard InChI is InChI=1S/C21H14F3NO/c22-14-5-6-17(20(24)10-14)18-9-12(16-3-1-2-4-19(16)23)7-13-8-15(11-25)26-21(13)18/h1-10H,11,25H2. The molecule has 5 heteroatoms. The Morgan fingerprint density at radius 2 is 1.58 bits per heavy atom. The summed E-state index contributed by atoms with van der Waals surface area (Å²) in [6.45, 7) is 0.176. The topological polar surface area (TPSA) is 39.2 Å². The van der Waals surface area contributed by atoms with E-state index in [4.69, 9.17) is 10.2 Å². The van der Waals surface area contributed by atoms with E-state index in [9.17, 15) is 13.2 Å². The zero-order valence-corrected chi connectivity index (χ0v) is 13.6. The third kappa shape index (κ3) is 2.76. The van der Waals surface area contributed by atoms with Crippen molar-refractivity contribution in [2.45, 2.75) is 6.54 Å². The average molecular weight is 353 g/mol. The maximum atomic E-state index is 14.4. The van der Waals surface area contributed by atoms with Gasteiger partial charge in [0.1, 0.15) is 28.8 Å². The maximum absolute atomic E-state index is 14.4. The van der Waals surface area contributed by atoms with E-state index >= 15 is 0 Å². The number of rotatable bonds is 3. The molecule has 1 aromatic heterocycles. The molecule has 0 amide bonds. The number of fused-ring (bicyclic) bond motifs is 1. The van der Waals surface area contributed by atoms with Gasteiger partial charge in [0.15, 0.2) is 0 Å². The van der Waals surface area contributed by atoms with E-state index in [1.807, 2.05) is 0 Å². The van der Waals surface area contributed by atoms with E-state index in [1.54, 1.807) is 36.4 Å². The fourth-order valence-corrected chi connectivity index (χ4v) is 3.07. The second-order valence-corrected chi connectivity index (χ2v) is 5.96. The molecule has 0 radical (unpaired) electrons. The number of nitrogens with two attached hydrogens (primary N) is 1. The van der Waals surface area contributed by atoms with Crippen molar-refractivity contribution >= 4 is 11.0 Å². The minimum atomic E-state index is -0.720. The van der Waals surface area contributed by atoms with Crippen LogP contribution >= 0.6 is 0 Å². The van der Waals surface area contributed by atoms with Crippen LogP contribution in [-0.4, -0.2) is 0 Å². The van der Waals surface area contributed by atoms with Crippen LogP contribution in [0.15, 0.2) is 65.1 Å². The summed E-state index contributed by atoms with van der Waals surface area (Å²) < 4.78 is 47.7. The molecule has 0 spiro atoms. The van der Waals surface area contributed by atoms with Gasteiger partial charge < -0.3 is 10.2 Å². The molecule has 0 fully saturated rings. The zero-order chi connectivity index (χ0) is 18.3. The number of hydrogen-bond acceptors (Lipinski definition) is 2. The molecular weight excluding hydrogens is 339 g/mol. The number of benzene rings is 3. The van der Waals surface area contributed by atoms with Crippen LogP contribution in [0, 0.1) is 17.5 Å². The highest BCUT2D eigenvalue weighted by molar-refractivity contribution is 5.97. The first kappa shape index (κ1) is 16.4. The summed E-state index contributed by atoms with van der Waals surface area (Å²) in [5.74, 6) is -1.26. The van der Waals surface area contributed by atoms with Crippen molar-refractivity contribution < 1.29 is 17.6 Å². The Hall–Kier alpha value is -3.05. The van der Waals surface area contributed by atoms with Gasteiger partial charge in [-0.25, -0.2) is 13.2 Å². The van der Waals surface area contributed by atoms with Crippen molar-refractivity contribution in [1.29, 1.82) is 0 Å². The minimum absolute atomic E-state index is 0.174. The predicted molar refractivity (Wildman–Crippen MR) is 94.9 cm³/mol. The molecule has 0 bridgehead atoms. The number of halogens is 3. The van der Waals surface area contributed by atoms with Crippen molar-refractivity contribution in [1.82, 2.24) is 0 Å². The Bertz CT molecular complexity index is 1120. The van der Waals surface area contributed by atoms with Gasteiger partial charge in [0.2, 0.25) is 0 Å². The van der Waals surface area contributed by atoms with Crippen molar-refractivity contribution in [3.8, 4) is 22.3 Å². The maximum Gasteiger partial charge on any atom is 0.142 e. The summed E-state index contributed by atoms with van der Waals surface area (Å²) in [5, 5.41) is 0.671. The first-order chi connectivity index (χ1) is 12.6. The van der Waals surface area contributed by atoms with E-state index in [2.05, 4.69) is 0 Å². The summed E-state index contributed by atoms with van der Waals surface area (Å²) in [4.78, 5) is 0. The molecule has 2 nitrogen and oxygen atoms in total. The van der Waals surface area contributed by atoms with Crippen LogP contribution in [0.3, 0.4) is 0 Å². The summed E-state index contributed by atoms with van der Waals surface area (Å²) in [6, 6.07) is 14.8. The van der Waals surface area contributed by atoms with Crippen LogP contribution in [0.25, 0.3) is 33.2 Å². The SMILES string of the molecule is NCc1cc2cc(-c3ccccc3F)cc(-c3ccc(F)cc3F)c2o1. The summed E-state index contributed by atoms with van der Waals surface area (Å²) >= 11 is 0. The van der Waals surface area contributed by atoms with Gasteiger partial charge >= 0.3 is 0 Å². The van der Waals surface area contributed by atoms with E-state index < -0.39 is 11.6 Å². The Kier molecular flexibility index (Phi) is 4.01. The Morgan fingerprint density at radius 1 is 0.769 bits per heavy atom. The zero-order valence-electron chi connectivity index (χ0n) is 13.6. The molecule has 26 heavy (non-hydrogen) atoms. The van der Waals surface area contributed by atoms with Crippen LogP contribution in [-0.2, 0) is 6.54 Å². The predicted octanol–water partition coefficient (Wildman–Crippen LogP) is 5.64. The van der Waals surface area contributed by atoms with Gasteiger partial charge in [0.05, 0.1) is 6.54 Å².